The molecule has 0 aliphatic carbocycles. The van der Waals surface area contributed by atoms with E-state index >= 15 is 0 Å². The van der Waals surface area contributed by atoms with Gasteiger partial charge in [0.1, 0.15) is 5.69 Å². The lowest BCUT2D eigenvalue weighted by molar-refractivity contribution is 0.0938. The summed E-state index contributed by atoms with van der Waals surface area (Å²) in [6.45, 7) is 7.62. The SMILES string of the molecule is C=CCNC(=O)c1ccnc(C(=O)NC(C)C)c1. The first-order chi connectivity index (χ1) is 8.54. The maximum Gasteiger partial charge on any atom is 0.270 e. The second-order valence-electron chi connectivity index (χ2n) is 4.06. The van der Waals surface area contributed by atoms with Crippen LogP contribution in [0.3, 0.4) is 0 Å². The standard InChI is InChI=1S/C13H17N3O2/c1-4-6-15-12(17)10-5-7-14-11(8-10)13(18)16-9(2)3/h4-5,7-9H,1,6H2,2-3H3,(H,15,17)(H,16,18). The van der Waals surface area contributed by atoms with Crippen molar-refractivity contribution in [2.24, 2.45) is 0 Å². The van der Waals surface area contributed by atoms with Crippen LogP contribution in [-0.4, -0.2) is 29.4 Å². The van der Waals surface area contributed by atoms with Crippen LogP contribution in [0, 0.1) is 0 Å². The van der Waals surface area contributed by atoms with Crippen LogP contribution in [0.5, 0.6) is 0 Å². The lowest BCUT2D eigenvalue weighted by atomic mass is 10.2. The van der Waals surface area contributed by atoms with Gasteiger partial charge in [-0.25, -0.2) is 0 Å². The van der Waals surface area contributed by atoms with Crippen LogP contribution >= 0.6 is 0 Å². The Labute approximate surface area is 106 Å². The Morgan fingerprint density at radius 1 is 1.44 bits per heavy atom. The quantitative estimate of drug-likeness (QED) is 0.766. The number of nitrogens with zero attached hydrogens (tertiary/aromatic N) is 1. The van der Waals surface area contributed by atoms with E-state index < -0.39 is 0 Å². The smallest absolute Gasteiger partial charge is 0.270 e. The second kappa shape index (κ2) is 6.54. The van der Waals surface area contributed by atoms with Crippen molar-refractivity contribution in [1.29, 1.82) is 0 Å². The maximum absolute atomic E-state index is 11.7. The van der Waals surface area contributed by atoms with Crippen molar-refractivity contribution in [1.82, 2.24) is 15.6 Å². The van der Waals surface area contributed by atoms with Crippen LogP contribution < -0.4 is 10.6 Å². The first kappa shape index (κ1) is 13.9. The van der Waals surface area contributed by atoms with E-state index in [4.69, 9.17) is 0 Å². The van der Waals surface area contributed by atoms with Crippen molar-refractivity contribution >= 4 is 11.8 Å². The van der Waals surface area contributed by atoms with E-state index in [9.17, 15) is 9.59 Å². The molecule has 0 saturated carbocycles. The first-order valence-corrected chi connectivity index (χ1v) is 5.70. The van der Waals surface area contributed by atoms with Gasteiger partial charge < -0.3 is 10.6 Å². The van der Waals surface area contributed by atoms with Crippen LogP contribution in [0.15, 0.2) is 31.0 Å². The molecule has 1 rings (SSSR count). The van der Waals surface area contributed by atoms with Gasteiger partial charge >= 0.3 is 0 Å². The van der Waals surface area contributed by atoms with Crippen molar-refractivity contribution in [2.75, 3.05) is 6.54 Å². The van der Waals surface area contributed by atoms with Crippen LogP contribution in [0.2, 0.25) is 0 Å². The van der Waals surface area contributed by atoms with Gasteiger partial charge in [-0.3, -0.25) is 14.6 Å². The molecule has 96 valence electrons. The molecule has 1 aromatic rings. The number of amides is 2. The van der Waals surface area contributed by atoms with Gasteiger partial charge in [-0.1, -0.05) is 6.08 Å². The van der Waals surface area contributed by atoms with E-state index in [2.05, 4.69) is 22.2 Å². The summed E-state index contributed by atoms with van der Waals surface area (Å²) in [6.07, 6.45) is 3.03. The molecule has 0 atom stereocenters. The molecule has 0 saturated heterocycles. The molecule has 5 heteroatoms. The molecule has 0 fully saturated rings. The molecule has 0 aliphatic rings. The van der Waals surface area contributed by atoms with Crippen LogP contribution in [-0.2, 0) is 0 Å². The van der Waals surface area contributed by atoms with E-state index in [1.807, 2.05) is 13.8 Å². The van der Waals surface area contributed by atoms with E-state index in [0.29, 0.717) is 12.1 Å². The zero-order valence-electron chi connectivity index (χ0n) is 10.6. The first-order valence-electron chi connectivity index (χ1n) is 5.70. The average Bonchev–Trinajstić information content (AvgIpc) is 2.35. The predicted molar refractivity (Wildman–Crippen MR) is 69.4 cm³/mol. The maximum atomic E-state index is 11.7. The van der Waals surface area contributed by atoms with Gasteiger partial charge in [-0.05, 0) is 26.0 Å². The number of hydrogen-bond donors (Lipinski definition) is 2. The van der Waals surface area contributed by atoms with E-state index in [-0.39, 0.29) is 23.6 Å². The third kappa shape index (κ3) is 4.01. The third-order valence-corrected chi connectivity index (χ3v) is 2.08. The van der Waals surface area contributed by atoms with E-state index in [0.717, 1.165) is 0 Å². The summed E-state index contributed by atoms with van der Waals surface area (Å²) in [6, 6.07) is 3.05. The van der Waals surface area contributed by atoms with Gasteiger partial charge in [0, 0.05) is 24.3 Å². The Kier molecular flexibility index (Phi) is 5.05. The number of rotatable bonds is 5. The van der Waals surface area contributed by atoms with Gasteiger partial charge in [0.25, 0.3) is 11.8 Å². The van der Waals surface area contributed by atoms with Gasteiger partial charge in [-0.2, -0.15) is 0 Å². The molecule has 0 aromatic carbocycles. The number of carbonyl (C=O) groups is 2. The fraction of sp³-hybridized carbons (Fsp3) is 0.308. The number of aromatic nitrogens is 1. The highest BCUT2D eigenvalue weighted by atomic mass is 16.2. The lowest BCUT2D eigenvalue weighted by Crippen LogP contribution is -2.31. The largest absolute Gasteiger partial charge is 0.349 e. The summed E-state index contributed by atoms with van der Waals surface area (Å²) in [5.74, 6) is -0.542. The van der Waals surface area contributed by atoms with Crippen molar-refractivity contribution < 1.29 is 9.59 Å². The Morgan fingerprint density at radius 3 is 2.78 bits per heavy atom. The predicted octanol–water partition coefficient (Wildman–Crippen LogP) is 1.14. The van der Waals surface area contributed by atoms with Gasteiger partial charge in [-0.15, -0.1) is 6.58 Å². The highest BCUT2D eigenvalue weighted by molar-refractivity contribution is 5.98. The molecule has 0 radical (unpaired) electrons. The second-order valence-corrected chi connectivity index (χ2v) is 4.06. The molecule has 0 bridgehead atoms. The minimum atomic E-state index is -0.289. The zero-order chi connectivity index (χ0) is 13.5. The number of carbonyl (C=O) groups excluding carboxylic acids is 2. The summed E-state index contributed by atoms with van der Waals surface area (Å²) in [4.78, 5) is 27.3. The fourth-order valence-corrected chi connectivity index (χ4v) is 1.30. The molecular weight excluding hydrogens is 230 g/mol. The minimum Gasteiger partial charge on any atom is -0.349 e. The highest BCUT2D eigenvalue weighted by Crippen LogP contribution is 2.02. The van der Waals surface area contributed by atoms with Crippen molar-refractivity contribution in [3.63, 3.8) is 0 Å². The average molecular weight is 247 g/mol. The Morgan fingerprint density at radius 2 is 2.17 bits per heavy atom. The van der Waals surface area contributed by atoms with E-state index in [1.54, 1.807) is 12.1 Å². The van der Waals surface area contributed by atoms with Crippen LogP contribution in [0.4, 0.5) is 0 Å². The fourth-order valence-electron chi connectivity index (χ4n) is 1.30. The van der Waals surface area contributed by atoms with Crippen molar-refractivity contribution in [3.05, 3.63) is 42.2 Å². The molecule has 1 aromatic heterocycles. The molecule has 0 aliphatic heterocycles. The molecule has 5 nitrogen and oxygen atoms in total. The molecule has 2 N–H and O–H groups in total. The summed E-state index contributed by atoms with van der Waals surface area (Å²) in [5.41, 5.74) is 0.635. The Balaban J connectivity index is 2.81. The summed E-state index contributed by atoms with van der Waals surface area (Å²) in [5, 5.41) is 5.36. The van der Waals surface area contributed by atoms with Gasteiger partial charge in [0.2, 0.25) is 0 Å². The summed E-state index contributed by atoms with van der Waals surface area (Å²) >= 11 is 0. The van der Waals surface area contributed by atoms with E-state index in [1.165, 1.54) is 12.3 Å². The van der Waals surface area contributed by atoms with Crippen molar-refractivity contribution in [2.45, 2.75) is 19.9 Å². The Bertz CT molecular complexity index is 455. The summed E-state index contributed by atoms with van der Waals surface area (Å²) in [7, 11) is 0. The van der Waals surface area contributed by atoms with Crippen LogP contribution in [0.1, 0.15) is 34.7 Å². The number of hydrogen-bond acceptors (Lipinski definition) is 3. The lowest BCUT2D eigenvalue weighted by Gasteiger charge is -2.08. The minimum absolute atomic E-state index is 0.0255. The monoisotopic (exact) mass is 247 g/mol. The molecule has 18 heavy (non-hydrogen) atoms. The molecular formula is C13H17N3O2. The number of pyridine rings is 1. The molecule has 0 unspecified atom stereocenters. The highest BCUT2D eigenvalue weighted by Gasteiger charge is 2.11. The Hall–Kier alpha value is -2.17. The molecule has 0 spiro atoms. The van der Waals surface area contributed by atoms with Crippen LogP contribution in [0.25, 0.3) is 0 Å². The van der Waals surface area contributed by atoms with Gasteiger partial charge in [0.15, 0.2) is 0 Å². The van der Waals surface area contributed by atoms with Gasteiger partial charge in [0.05, 0.1) is 0 Å². The normalized spacial score (nSPS) is 9.94. The summed E-state index contributed by atoms with van der Waals surface area (Å²) < 4.78 is 0. The molecule has 1 heterocycles. The topological polar surface area (TPSA) is 71.1 Å². The zero-order valence-corrected chi connectivity index (χ0v) is 10.6. The number of nitrogens with one attached hydrogen (secondary N) is 2. The molecule has 2 amide bonds. The van der Waals surface area contributed by atoms with Crippen molar-refractivity contribution in [3.8, 4) is 0 Å². The third-order valence-electron chi connectivity index (χ3n) is 2.08.